The smallest absolute Gasteiger partial charge is 0.255 e. The van der Waals surface area contributed by atoms with Crippen molar-refractivity contribution in [1.29, 1.82) is 0 Å². The van der Waals surface area contributed by atoms with Gasteiger partial charge >= 0.3 is 0 Å². The normalized spacial score (nSPS) is 24.6. The monoisotopic (exact) mass is 537 g/mol. The van der Waals surface area contributed by atoms with Crippen molar-refractivity contribution >= 4 is 29.5 Å². The van der Waals surface area contributed by atoms with Gasteiger partial charge in [-0.05, 0) is 51.8 Å². The van der Waals surface area contributed by atoms with E-state index in [9.17, 15) is 24.6 Å². The first-order chi connectivity index (χ1) is 18.1. The molecule has 0 aromatic heterocycles. The van der Waals surface area contributed by atoms with Crippen LogP contribution in [0.4, 0.5) is 0 Å². The molecule has 2 aromatic rings. The predicted molar refractivity (Wildman–Crippen MR) is 148 cm³/mol. The van der Waals surface area contributed by atoms with Crippen molar-refractivity contribution in [3.63, 3.8) is 0 Å². The zero-order valence-electron chi connectivity index (χ0n) is 22.2. The molecule has 3 amide bonds. The number of aliphatic hydroxyl groups is 1. The second-order valence-electron chi connectivity index (χ2n) is 10.1. The van der Waals surface area contributed by atoms with E-state index in [1.807, 2.05) is 57.2 Å². The molecule has 2 aromatic carbocycles. The van der Waals surface area contributed by atoms with Crippen molar-refractivity contribution < 1.29 is 24.6 Å². The molecule has 1 saturated carbocycles. The van der Waals surface area contributed by atoms with Gasteiger partial charge in [-0.3, -0.25) is 14.4 Å². The first-order valence-corrected chi connectivity index (χ1v) is 13.8. The van der Waals surface area contributed by atoms with Crippen molar-refractivity contribution in [2.24, 2.45) is 0 Å². The van der Waals surface area contributed by atoms with Gasteiger partial charge in [0.1, 0.15) is 12.3 Å². The molecule has 2 fully saturated rings. The highest BCUT2D eigenvalue weighted by molar-refractivity contribution is 7.99. The number of phenols is 1. The van der Waals surface area contributed by atoms with Crippen LogP contribution in [0.5, 0.6) is 5.75 Å². The number of benzene rings is 2. The topological polar surface area (TPSA) is 110 Å². The summed E-state index contributed by atoms with van der Waals surface area (Å²) in [5, 5.41) is 24.4. The number of amides is 3. The number of aromatic hydroxyl groups is 1. The number of hydrogen-bond donors (Lipinski definition) is 3. The molecule has 202 valence electrons. The molecular formula is C29H35N3O5S. The second-order valence-corrected chi connectivity index (χ2v) is 11.4. The minimum atomic E-state index is -1.55. The third-order valence-corrected chi connectivity index (χ3v) is 8.80. The number of allylic oxidation sites excluding steroid dienone is 1. The largest absolute Gasteiger partial charge is 0.508 e. The first kappa shape index (κ1) is 27.7. The van der Waals surface area contributed by atoms with Crippen LogP contribution in [0.15, 0.2) is 60.2 Å². The Morgan fingerprint density at radius 1 is 1.21 bits per heavy atom. The lowest BCUT2D eigenvalue weighted by atomic mass is 9.98. The number of carbonyl (C=O) groups excluding carboxylic acids is 3. The zero-order chi connectivity index (χ0) is 27.6. The molecule has 2 aliphatic rings. The van der Waals surface area contributed by atoms with Gasteiger partial charge in [-0.15, -0.1) is 11.8 Å². The number of nitrogens with zero attached hydrogens (tertiary/aromatic N) is 2. The van der Waals surface area contributed by atoms with Gasteiger partial charge in [0.15, 0.2) is 6.10 Å². The van der Waals surface area contributed by atoms with E-state index >= 15 is 0 Å². The fourth-order valence-electron chi connectivity index (χ4n) is 4.94. The van der Waals surface area contributed by atoms with Crippen molar-refractivity contribution in [3.05, 3.63) is 76.9 Å². The molecule has 8 nitrogen and oxygen atoms in total. The van der Waals surface area contributed by atoms with Gasteiger partial charge in [-0.25, -0.2) is 0 Å². The highest BCUT2D eigenvalue weighted by atomic mass is 32.2. The average molecular weight is 538 g/mol. The van der Waals surface area contributed by atoms with Crippen LogP contribution in [0, 0.1) is 6.92 Å². The molecule has 1 heterocycles. The van der Waals surface area contributed by atoms with E-state index in [4.69, 9.17) is 0 Å². The van der Waals surface area contributed by atoms with E-state index in [0.29, 0.717) is 18.5 Å². The number of phenolic OH excluding ortho intramolecular Hbond substituents is 1. The standard InChI is InChI=1S/C29H35N3O5S/c1-5-18(2)15-32-20(4)38-17-31(16-25(32)34)28(37)26(35)29(14-23(29)21-10-7-6-8-11-21)30-27(36)22-12-9-13-24(33)19(22)3/h5-13,20,23,26,33,35H,14-17H2,1-4H3,(H,30,36)/b18-5+/t20?,23-,26+,29+/m0/s1. The number of thioether (sulfide) groups is 1. The highest BCUT2D eigenvalue weighted by Crippen LogP contribution is 2.54. The molecule has 4 rings (SSSR count). The third kappa shape index (κ3) is 5.44. The lowest BCUT2D eigenvalue weighted by molar-refractivity contribution is -0.146. The van der Waals surface area contributed by atoms with E-state index in [0.717, 1.165) is 11.1 Å². The van der Waals surface area contributed by atoms with E-state index in [1.54, 1.807) is 24.0 Å². The first-order valence-electron chi connectivity index (χ1n) is 12.7. The van der Waals surface area contributed by atoms with E-state index < -0.39 is 23.5 Å². The Morgan fingerprint density at radius 2 is 1.92 bits per heavy atom. The highest BCUT2D eigenvalue weighted by Gasteiger charge is 2.63. The maximum atomic E-state index is 13.7. The molecule has 3 N–H and O–H groups in total. The molecule has 9 heteroatoms. The quantitative estimate of drug-likeness (QED) is 0.467. The Morgan fingerprint density at radius 3 is 2.61 bits per heavy atom. The Kier molecular flexibility index (Phi) is 8.18. The number of carbonyl (C=O) groups is 3. The summed E-state index contributed by atoms with van der Waals surface area (Å²) in [5.41, 5.74) is 1.40. The average Bonchev–Trinajstić information content (AvgIpc) is 3.66. The number of aliphatic hydroxyl groups excluding tert-OH is 1. The summed E-state index contributed by atoms with van der Waals surface area (Å²) >= 11 is 1.46. The molecule has 1 aliphatic carbocycles. The molecule has 0 radical (unpaired) electrons. The maximum absolute atomic E-state index is 13.7. The molecule has 1 unspecified atom stereocenters. The van der Waals surface area contributed by atoms with Gasteiger partial charge < -0.3 is 25.3 Å². The zero-order valence-corrected chi connectivity index (χ0v) is 23.0. The second kappa shape index (κ2) is 11.2. The lowest BCUT2D eigenvalue weighted by Gasteiger charge is -2.29. The van der Waals surface area contributed by atoms with Gasteiger partial charge in [0.05, 0.1) is 16.8 Å². The molecular weight excluding hydrogens is 502 g/mol. The van der Waals surface area contributed by atoms with Gasteiger partial charge in [0.2, 0.25) is 5.91 Å². The van der Waals surface area contributed by atoms with Crippen LogP contribution in [0.3, 0.4) is 0 Å². The summed E-state index contributed by atoms with van der Waals surface area (Å²) in [7, 11) is 0. The van der Waals surface area contributed by atoms with Crippen LogP contribution in [-0.4, -0.2) is 73.7 Å². The SMILES string of the molecule is C/C=C(\C)CN1C(=O)CN(C(=O)[C@@H](O)[C@@]2(NC(=O)c3cccc(O)c3C)C[C@H]2c2ccccc2)CSC1C. The van der Waals surface area contributed by atoms with Gasteiger partial charge in [0, 0.05) is 23.6 Å². The molecule has 0 spiro atoms. The van der Waals surface area contributed by atoms with Gasteiger partial charge in [-0.2, -0.15) is 0 Å². The van der Waals surface area contributed by atoms with Gasteiger partial charge in [-0.1, -0.05) is 48.0 Å². The third-order valence-electron chi connectivity index (χ3n) is 7.60. The maximum Gasteiger partial charge on any atom is 0.255 e. The van der Waals surface area contributed by atoms with Crippen LogP contribution in [0.1, 0.15) is 54.6 Å². The lowest BCUT2D eigenvalue weighted by Crippen LogP contribution is -2.55. The fraction of sp³-hybridized carbons (Fsp3) is 0.414. The molecule has 0 bridgehead atoms. The number of nitrogens with one attached hydrogen (secondary N) is 1. The summed E-state index contributed by atoms with van der Waals surface area (Å²) in [6.07, 6.45) is 0.771. The van der Waals surface area contributed by atoms with Crippen molar-refractivity contribution in [1.82, 2.24) is 15.1 Å². The van der Waals surface area contributed by atoms with E-state index in [-0.39, 0.29) is 40.9 Å². The van der Waals surface area contributed by atoms with Crippen molar-refractivity contribution in [3.8, 4) is 5.75 Å². The summed E-state index contributed by atoms with van der Waals surface area (Å²) in [5.74, 6) is -1.30. The number of hydrogen-bond acceptors (Lipinski definition) is 6. The Hall–Kier alpha value is -3.30. The summed E-state index contributed by atoms with van der Waals surface area (Å²) < 4.78 is 0. The predicted octanol–water partition coefficient (Wildman–Crippen LogP) is 3.39. The fourth-order valence-corrected chi connectivity index (χ4v) is 5.92. The molecule has 4 atom stereocenters. The molecule has 1 aliphatic heterocycles. The Balaban J connectivity index is 1.59. The molecule has 38 heavy (non-hydrogen) atoms. The Labute approximate surface area is 227 Å². The van der Waals surface area contributed by atoms with Crippen LogP contribution in [0.2, 0.25) is 0 Å². The van der Waals surface area contributed by atoms with Crippen LogP contribution < -0.4 is 5.32 Å². The van der Waals surface area contributed by atoms with Crippen molar-refractivity contribution in [2.45, 2.75) is 57.1 Å². The van der Waals surface area contributed by atoms with Crippen molar-refractivity contribution in [2.75, 3.05) is 19.0 Å². The summed E-state index contributed by atoms with van der Waals surface area (Å²) in [6, 6.07) is 14.1. The summed E-state index contributed by atoms with van der Waals surface area (Å²) in [4.78, 5) is 43.3. The van der Waals surface area contributed by atoms with Gasteiger partial charge in [0.25, 0.3) is 11.8 Å². The minimum absolute atomic E-state index is 0.00864. The molecule has 1 saturated heterocycles. The number of rotatable bonds is 7. The van der Waals surface area contributed by atoms with Crippen LogP contribution in [-0.2, 0) is 9.59 Å². The van der Waals surface area contributed by atoms with Crippen LogP contribution in [0.25, 0.3) is 0 Å². The Bertz CT molecular complexity index is 1250. The minimum Gasteiger partial charge on any atom is -0.508 e. The van der Waals surface area contributed by atoms with Crippen LogP contribution >= 0.6 is 11.8 Å². The van der Waals surface area contributed by atoms with E-state index in [1.165, 1.54) is 22.7 Å². The summed E-state index contributed by atoms with van der Waals surface area (Å²) in [6.45, 7) is 7.79. The van der Waals surface area contributed by atoms with E-state index in [2.05, 4.69) is 5.32 Å².